The lowest BCUT2D eigenvalue weighted by molar-refractivity contribution is 0.00532. The molecule has 1 heterocycles. The fourth-order valence-electron chi connectivity index (χ4n) is 3.59. The second-order valence-corrected chi connectivity index (χ2v) is 9.34. The van der Waals surface area contributed by atoms with E-state index in [1.807, 2.05) is 0 Å². The number of carbonyl (C=O) groups excluding carboxylic acids is 4. The zero-order valence-corrected chi connectivity index (χ0v) is 21.9. The van der Waals surface area contributed by atoms with Crippen molar-refractivity contribution in [2.24, 2.45) is 0 Å². The van der Waals surface area contributed by atoms with Crippen molar-refractivity contribution in [3.63, 3.8) is 0 Å². The molecular formula is C24H13Cl5N2O5. The lowest BCUT2D eigenvalue weighted by Gasteiger charge is -2.29. The summed E-state index contributed by atoms with van der Waals surface area (Å²) in [6.07, 6.45) is 0. The Morgan fingerprint density at radius 2 is 1.42 bits per heavy atom. The zero-order valence-electron chi connectivity index (χ0n) is 18.2. The summed E-state index contributed by atoms with van der Waals surface area (Å²) in [5.74, 6) is -3.12. The van der Waals surface area contributed by atoms with E-state index < -0.39 is 30.0 Å². The molecular weight excluding hydrogens is 574 g/mol. The summed E-state index contributed by atoms with van der Waals surface area (Å²) in [7, 11) is 1.43. The first-order valence-electron chi connectivity index (χ1n) is 10.1. The van der Waals surface area contributed by atoms with E-state index >= 15 is 0 Å². The average Bonchev–Trinajstić information content (AvgIpc) is 3.14. The van der Waals surface area contributed by atoms with Crippen LogP contribution in [-0.2, 0) is 0 Å². The van der Waals surface area contributed by atoms with Crippen LogP contribution in [0.2, 0.25) is 25.1 Å². The van der Waals surface area contributed by atoms with Gasteiger partial charge in [-0.15, -0.1) is 0 Å². The summed E-state index contributed by atoms with van der Waals surface area (Å²) in [5.41, 5.74) is -0.564. The largest absolute Gasteiger partial charge is 0.497 e. The molecule has 0 aromatic heterocycles. The number of hydrogen-bond acceptors (Lipinski definition) is 5. The molecule has 1 aliphatic heterocycles. The highest BCUT2D eigenvalue weighted by atomic mass is 35.5. The summed E-state index contributed by atoms with van der Waals surface area (Å²) >= 11 is 30.8. The van der Waals surface area contributed by atoms with Gasteiger partial charge in [0.2, 0.25) is 0 Å². The quantitative estimate of drug-likeness (QED) is 0.143. The Morgan fingerprint density at radius 3 is 1.97 bits per heavy atom. The monoisotopic (exact) mass is 584 g/mol. The number of Topliss-reactive ketones (excluding diaryl/α,β-unsaturated/α-hetero) is 1. The molecule has 36 heavy (non-hydrogen) atoms. The van der Waals surface area contributed by atoms with E-state index in [0.717, 1.165) is 0 Å². The average molecular weight is 587 g/mol. The van der Waals surface area contributed by atoms with Gasteiger partial charge in [0.1, 0.15) is 12.3 Å². The number of nitrogens with zero attached hydrogens (tertiary/aromatic N) is 2. The maximum Gasteiger partial charge on any atom is 0.282 e. The van der Waals surface area contributed by atoms with E-state index in [1.54, 1.807) is 18.2 Å². The number of ether oxygens (including phenoxy) is 1. The molecule has 3 amide bonds. The standard InChI is InChI=1S/C24H13Cl5N2O5/c1-36-12-6-4-5-11(9-12)15(32)10-30(22(33)13-7-2-3-8-14(13)25)31-23(34)16-17(24(31)35)19(27)21(29)20(28)18(16)26/h2-9H,10H2,1H3. The molecule has 0 radical (unpaired) electrons. The molecule has 4 rings (SSSR count). The predicted molar refractivity (Wildman–Crippen MR) is 137 cm³/mol. The smallest absolute Gasteiger partial charge is 0.282 e. The molecule has 12 heteroatoms. The summed E-state index contributed by atoms with van der Waals surface area (Å²) in [4.78, 5) is 53.6. The second-order valence-electron chi connectivity index (χ2n) is 7.43. The van der Waals surface area contributed by atoms with Crippen molar-refractivity contribution in [2.45, 2.75) is 0 Å². The third-order valence-corrected chi connectivity index (χ3v) is 7.48. The lowest BCUT2D eigenvalue weighted by atomic mass is 10.1. The van der Waals surface area contributed by atoms with E-state index in [-0.39, 0.29) is 47.4 Å². The van der Waals surface area contributed by atoms with E-state index in [0.29, 0.717) is 15.8 Å². The van der Waals surface area contributed by atoms with Gasteiger partial charge in [-0.05, 0) is 24.3 Å². The van der Waals surface area contributed by atoms with Crippen molar-refractivity contribution in [2.75, 3.05) is 13.7 Å². The van der Waals surface area contributed by atoms with Gasteiger partial charge in [-0.2, -0.15) is 5.01 Å². The summed E-state index contributed by atoms with van der Waals surface area (Å²) in [6.45, 7) is -0.709. The van der Waals surface area contributed by atoms with E-state index in [2.05, 4.69) is 0 Å². The van der Waals surface area contributed by atoms with Gasteiger partial charge in [0, 0.05) is 5.56 Å². The number of hydrazine groups is 1. The van der Waals surface area contributed by atoms with Crippen LogP contribution in [0.25, 0.3) is 0 Å². The number of amides is 3. The molecule has 0 N–H and O–H groups in total. The first kappa shape index (κ1) is 26.3. The molecule has 3 aromatic carbocycles. The minimum Gasteiger partial charge on any atom is -0.497 e. The van der Waals surface area contributed by atoms with E-state index in [4.69, 9.17) is 62.7 Å². The highest BCUT2D eigenvalue weighted by Gasteiger charge is 2.46. The van der Waals surface area contributed by atoms with Crippen LogP contribution < -0.4 is 4.74 Å². The topological polar surface area (TPSA) is 84.0 Å². The first-order valence-corrected chi connectivity index (χ1v) is 12.0. The zero-order chi connectivity index (χ0) is 26.3. The van der Waals surface area contributed by atoms with Crippen LogP contribution in [0.5, 0.6) is 5.75 Å². The van der Waals surface area contributed by atoms with Gasteiger partial charge in [0.25, 0.3) is 17.7 Å². The molecule has 0 aliphatic carbocycles. The fraction of sp³-hybridized carbons (Fsp3) is 0.0833. The number of carbonyl (C=O) groups is 4. The minimum absolute atomic E-state index is 0.0418. The number of methoxy groups -OCH3 is 1. The molecule has 0 atom stereocenters. The molecule has 0 fully saturated rings. The molecule has 1 aliphatic rings. The van der Waals surface area contributed by atoms with Gasteiger partial charge >= 0.3 is 0 Å². The maximum absolute atomic E-state index is 13.6. The molecule has 3 aromatic rings. The van der Waals surface area contributed by atoms with Gasteiger partial charge in [0.05, 0.1) is 48.9 Å². The SMILES string of the molecule is COc1cccc(C(=O)CN(C(=O)c2ccccc2Cl)N2C(=O)c3c(Cl)c(Cl)c(Cl)c(Cl)c3C2=O)c1. The number of benzene rings is 3. The van der Waals surface area contributed by atoms with Crippen molar-refractivity contribution in [1.82, 2.24) is 10.0 Å². The summed E-state index contributed by atoms with van der Waals surface area (Å²) in [5, 5.41) is 0.113. The Kier molecular flexibility index (Phi) is 7.50. The number of ketones is 1. The Hall–Kier alpha value is -2.81. The van der Waals surface area contributed by atoms with Crippen LogP contribution in [-0.4, -0.2) is 47.2 Å². The Balaban J connectivity index is 1.83. The minimum atomic E-state index is -1.01. The molecule has 0 bridgehead atoms. The van der Waals surface area contributed by atoms with Gasteiger partial charge in [0.15, 0.2) is 5.78 Å². The number of halogens is 5. The maximum atomic E-state index is 13.6. The van der Waals surface area contributed by atoms with Crippen molar-refractivity contribution < 1.29 is 23.9 Å². The molecule has 184 valence electrons. The first-order chi connectivity index (χ1) is 17.1. The molecule has 0 unspecified atom stereocenters. The van der Waals surface area contributed by atoms with Gasteiger partial charge < -0.3 is 4.74 Å². The Bertz CT molecular complexity index is 1410. The highest BCUT2D eigenvalue weighted by Crippen LogP contribution is 2.45. The second kappa shape index (κ2) is 10.3. The van der Waals surface area contributed by atoms with Crippen LogP contribution in [0.3, 0.4) is 0 Å². The van der Waals surface area contributed by atoms with Crippen LogP contribution in [0.1, 0.15) is 41.4 Å². The number of rotatable bonds is 6. The van der Waals surface area contributed by atoms with Gasteiger partial charge in [-0.1, -0.05) is 82.3 Å². The van der Waals surface area contributed by atoms with E-state index in [1.165, 1.54) is 37.4 Å². The van der Waals surface area contributed by atoms with Crippen LogP contribution in [0.15, 0.2) is 48.5 Å². The molecule has 0 saturated carbocycles. The van der Waals surface area contributed by atoms with Crippen molar-refractivity contribution in [1.29, 1.82) is 0 Å². The Labute approximate surface area is 229 Å². The van der Waals surface area contributed by atoms with Gasteiger partial charge in [-0.25, -0.2) is 5.01 Å². The number of fused-ring (bicyclic) bond motifs is 1. The van der Waals surface area contributed by atoms with E-state index in [9.17, 15) is 19.2 Å². The van der Waals surface area contributed by atoms with Crippen LogP contribution in [0, 0.1) is 0 Å². The van der Waals surface area contributed by atoms with Crippen molar-refractivity contribution in [3.05, 3.63) is 95.9 Å². The Morgan fingerprint density at radius 1 is 0.833 bits per heavy atom. The van der Waals surface area contributed by atoms with Crippen LogP contribution in [0.4, 0.5) is 0 Å². The normalized spacial score (nSPS) is 12.6. The highest BCUT2D eigenvalue weighted by molar-refractivity contribution is 6.55. The van der Waals surface area contributed by atoms with Crippen molar-refractivity contribution >= 4 is 81.5 Å². The predicted octanol–water partition coefficient (Wildman–Crippen LogP) is 6.50. The fourth-order valence-corrected chi connectivity index (χ4v) is 4.82. The molecule has 7 nitrogen and oxygen atoms in total. The summed E-state index contributed by atoms with van der Waals surface area (Å²) in [6, 6.07) is 12.1. The number of imide groups is 1. The third-order valence-electron chi connectivity index (χ3n) is 5.34. The van der Waals surface area contributed by atoms with Gasteiger partial charge in [-0.3, -0.25) is 19.2 Å². The third kappa shape index (κ3) is 4.42. The summed E-state index contributed by atoms with van der Waals surface area (Å²) < 4.78 is 5.14. The van der Waals surface area contributed by atoms with Crippen LogP contribution >= 0.6 is 58.0 Å². The molecule has 0 spiro atoms. The number of hydrogen-bond donors (Lipinski definition) is 0. The lowest BCUT2D eigenvalue weighted by Crippen LogP contribution is -2.51. The molecule has 0 saturated heterocycles. The van der Waals surface area contributed by atoms with Crippen molar-refractivity contribution in [3.8, 4) is 5.75 Å².